The van der Waals surface area contributed by atoms with Gasteiger partial charge in [-0.2, -0.15) is 4.73 Å². The molecule has 10 heteroatoms. The van der Waals surface area contributed by atoms with Crippen molar-refractivity contribution in [3.63, 3.8) is 0 Å². The van der Waals surface area contributed by atoms with Gasteiger partial charge in [0.15, 0.2) is 0 Å². The van der Waals surface area contributed by atoms with E-state index < -0.39 is 5.97 Å². The molecule has 196 valence electrons. The van der Waals surface area contributed by atoms with Gasteiger partial charge >= 0.3 is 5.97 Å². The average molecular weight is 523 g/mol. The molecule has 3 aromatic carbocycles. The van der Waals surface area contributed by atoms with Crippen molar-refractivity contribution < 1.29 is 14.4 Å². The molecular weight excluding hydrogens is 496 g/mol. The molecule has 0 atom stereocenters. The van der Waals surface area contributed by atoms with Crippen LogP contribution in [-0.4, -0.2) is 36.8 Å². The van der Waals surface area contributed by atoms with Crippen LogP contribution < -0.4 is 20.9 Å². The van der Waals surface area contributed by atoms with Gasteiger partial charge in [-0.3, -0.25) is 4.79 Å². The third-order valence-corrected chi connectivity index (χ3v) is 6.51. The third-order valence-electron chi connectivity index (χ3n) is 6.51. The summed E-state index contributed by atoms with van der Waals surface area (Å²) in [7, 11) is 0. The van der Waals surface area contributed by atoms with Gasteiger partial charge in [0.05, 0.1) is 22.1 Å². The topological polar surface area (TPSA) is 130 Å². The maximum atomic E-state index is 13.2. The lowest BCUT2D eigenvalue weighted by Crippen LogP contribution is -2.15. The van der Waals surface area contributed by atoms with E-state index in [-0.39, 0.29) is 11.3 Å². The minimum Gasteiger partial charge on any atom is -0.489 e. The standard InChI is InChI=1S/C29H26N6O4/c1-18(36)39-35-17-31-25-13-23-24(14-27(25)35)32-28(29(37)33-23)22-15-34(11-5-10-30)26-12-20(8-9-21(22)26)38-16-19-6-3-2-4-7-19/h2-4,6-9,12-15,17H,5,10-11,16,30H2,1H3,(H,33,37). The fourth-order valence-electron chi connectivity index (χ4n) is 4.70. The van der Waals surface area contributed by atoms with Crippen LogP contribution in [-0.2, 0) is 17.9 Å². The molecular formula is C29H26N6O4. The second-order valence-corrected chi connectivity index (χ2v) is 9.26. The molecule has 0 aliphatic carbocycles. The van der Waals surface area contributed by atoms with Crippen molar-refractivity contribution in [2.75, 3.05) is 6.54 Å². The fraction of sp³-hybridized carbons (Fsp3) is 0.172. The zero-order chi connectivity index (χ0) is 26.9. The number of hydrogen-bond acceptors (Lipinski definition) is 7. The van der Waals surface area contributed by atoms with Crippen molar-refractivity contribution in [1.29, 1.82) is 0 Å². The summed E-state index contributed by atoms with van der Waals surface area (Å²) >= 11 is 0. The summed E-state index contributed by atoms with van der Waals surface area (Å²) in [6, 6.07) is 19.3. The Bertz CT molecular complexity index is 1890. The van der Waals surface area contributed by atoms with E-state index in [4.69, 9.17) is 20.3 Å². The first-order valence-corrected chi connectivity index (χ1v) is 12.6. The molecule has 0 saturated heterocycles. The van der Waals surface area contributed by atoms with Crippen LogP contribution in [0.1, 0.15) is 18.9 Å². The number of carbonyl (C=O) groups is 1. The Kier molecular flexibility index (Phi) is 6.29. The minimum atomic E-state index is -0.470. The Morgan fingerprint density at radius 2 is 1.90 bits per heavy atom. The summed E-state index contributed by atoms with van der Waals surface area (Å²) in [4.78, 5) is 41.9. The lowest BCUT2D eigenvalue weighted by Gasteiger charge is -2.08. The van der Waals surface area contributed by atoms with Crippen LogP contribution in [0.4, 0.5) is 0 Å². The Hall–Kier alpha value is -4.96. The summed E-state index contributed by atoms with van der Waals surface area (Å²) in [5.41, 5.74) is 10.7. The zero-order valence-corrected chi connectivity index (χ0v) is 21.3. The monoisotopic (exact) mass is 522 g/mol. The number of nitrogens with two attached hydrogens (primary N) is 1. The summed E-state index contributed by atoms with van der Waals surface area (Å²) in [6.07, 6.45) is 4.12. The molecule has 3 heterocycles. The first-order valence-electron chi connectivity index (χ1n) is 12.6. The van der Waals surface area contributed by atoms with E-state index >= 15 is 0 Å². The number of aryl methyl sites for hydroxylation is 1. The van der Waals surface area contributed by atoms with E-state index in [1.807, 2.05) is 54.7 Å². The number of benzene rings is 3. The number of hydrogen-bond donors (Lipinski definition) is 2. The highest BCUT2D eigenvalue weighted by Gasteiger charge is 2.17. The number of ether oxygens (including phenoxy) is 1. The molecule has 0 aliphatic heterocycles. The van der Waals surface area contributed by atoms with Crippen LogP contribution >= 0.6 is 0 Å². The second-order valence-electron chi connectivity index (χ2n) is 9.26. The van der Waals surface area contributed by atoms with E-state index in [0.29, 0.717) is 47.3 Å². The van der Waals surface area contributed by atoms with Crippen LogP contribution in [0.25, 0.3) is 44.2 Å². The largest absolute Gasteiger partial charge is 0.489 e. The number of aromatic nitrogens is 5. The van der Waals surface area contributed by atoms with Crippen molar-refractivity contribution >= 4 is 38.9 Å². The van der Waals surface area contributed by atoms with Crippen LogP contribution in [0, 0.1) is 0 Å². The lowest BCUT2D eigenvalue weighted by atomic mass is 10.1. The maximum Gasteiger partial charge on any atom is 0.329 e. The maximum absolute atomic E-state index is 13.2. The normalized spacial score (nSPS) is 11.4. The lowest BCUT2D eigenvalue weighted by molar-refractivity contribution is -0.141. The number of carbonyl (C=O) groups excluding carboxylic acids is 1. The van der Waals surface area contributed by atoms with Gasteiger partial charge in [0.1, 0.15) is 29.9 Å². The van der Waals surface area contributed by atoms with Crippen molar-refractivity contribution in [1.82, 2.24) is 24.2 Å². The van der Waals surface area contributed by atoms with Crippen LogP contribution in [0.3, 0.4) is 0 Å². The third kappa shape index (κ3) is 4.73. The Labute approximate surface area is 222 Å². The van der Waals surface area contributed by atoms with Crippen molar-refractivity contribution in [2.24, 2.45) is 5.73 Å². The molecule has 0 amide bonds. The van der Waals surface area contributed by atoms with E-state index in [0.717, 1.165) is 28.6 Å². The van der Waals surface area contributed by atoms with Gasteiger partial charge in [0, 0.05) is 36.7 Å². The molecule has 3 aromatic heterocycles. The summed E-state index contributed by atoms with van der Waals surface area (Å²) in [6.45, 7) is 3.00. The van der Waals surface area contributed by atoms with E-state index in [1.54, 1.807) is 12.1 Å². The molecule has 0 fully saturated rings. The number of nitrogens with one attached hydrogen (secondary N) is 1. The van der Waals surface area contributed by atoms with Gasteiger partial charge in [-0.25, -0.2) is 14.8 Å². The molecule has 0 saturated carbocycles. The molecule has 39 heavy (non-hydrogen) atoms. The number of nitrogens with zero attached hydrogens (tertiary/aromatic N) is 4. The molecule has 0 radical (unpaired) electrons. The number of fused-ring (bicyclic) bond motifs is 3. The smallest absolute Gasteiger partial charge is 0.329 e. The van der Waals surface area contributed by atoms with Crippen molar-refractivity contribution in [3.8, 4) is 17.0 Å². The number of aromatic amines is 1. The molecule has 0 bridgehead atoms. The summed E-state index contributed by atoms with van der Waals surface area (Å²) in [5, 5.41) is 0.877. The van der Waals surface area contributed by atoms with Gasteiger partial charge < -0.3 is 24.9 Å². The fourth-order valence-corrected chi connectivity index (χ4v) is 4.70. The van der Waals surface area contributed by atoms with Gasteiger partial charge in [0.2, 0.25) is 0 Å². The Balaban J connectivity index is 1.44. The first-order chi connectivity index (χ1) is 19.0. The molecule has 0 unspecified atom stereocenters. The predicted molar refractivity (Wildman–Crippen MR) is 148 cm³/mol. The molecule has 6 aromatic rings. The molecule has 0 aliphatic rings. The number of rotatable bonds is 8. The minimum absolute atomic E-state index is 0.287. The quantitative estimate of drug-likeness (QED) is 0.311. The highest BCUT2D eigenvalue weighted by Crippen LogP contribution is 2.32. The Morgan fingerprint density at radius 3 is 2.69 bits per heavy atom. The van der Waals surface area contributed by atoms with Crippen LogP contribution in [0.15, 0.2) is 78.0 Å². The highest BCUT2D eigenvalue weighted by atomic mass is 16.7. The SMILES string of the molecule is CC(=O)On1cnc2cc3[nH]c(=O)c(-c4cn(CCCN)c5cc(OCc6ccccc6)ccc45)nc3cc21. The molecule has 3 N–H and O–H groups in total. The van der Waals surface area contributed by atoms with Crippen molar-refractivity contribution in [2.45, 2.75) is 26.5 Å². The predicted octanol–water partition coefficient (Wildman–Crippen LogP) is 3.80. The highest BCUT2D eigenvalue weighted by molar-refractivity contribution is 5.97. The number of imidazole rings is 1. The van der Waals surface area contributed by atoms with Gasteiger partial charge in [-0.15, -0.1) is 0 Å². The summed E-state index contributed by atoms with van der Waals surface area (Å²) < 4.78 is 9.43. The van der Waals surface area contributed by atoms with Crippen LogP contribution in [0.5, 0.6) is 5.75 Å². The molecule has 10 nitrogen and oxygen atoms in total. The average Bonchev–Trinajstić information content (AvgIpc) is 3.49. The van der Waals surface area contributed by atoms with Gasteiger partial charge in [0.25, 0.3) is 5.56 Å². The van der Waals surface area contributed by atoms with Gasteiger partial charge in [-0.1, -0.05) is 30.3 Å². The van der Waals surface area contributed by atoms with E-state index in [2.05, 4.69) is 14.5 Å². The van der Waals surface area contributed by atoms with Crippen molar-refractivity contribution in [3.05, 3.63) is 89.1 Å². The van der Waals surface area contributed by atoms with Gasteiger partial charge in [-0.05, 0) is 42.8 Å². The summed E-state index contributed by atoms with van der Waals surface area (Å²) in [5.74, 6) is 0.258. The van der Waals surface area contributed by atoms with E-state index in [1.165, 1.54) is 18.0 Å². The molecule has 6 rings (SSSR count). The number of H-pyrrole nitrogens is 1. The zero-order valence-electron chi connectivity index (χ0n) is 21.3. The molecule has 0 spiro atoms. The first kappa shape index (κ1) is 24.4. The van der Waals surface area contributed by atoms with Crippen LogP contribution in [0.2, 0.25) is 0 Å². The Morgan fingerprint density at radius 1 is 1.05 bits per heavy atom. The second kappa shape index (κ2) is 10.1. The van der Waals surface area contributed by atoms with E-state index in [9.17, 15) is 9.59 Å².